The average Bonchev–Trinajstić information content (AvgIpc) is 3.43. The van der Waals surface area contributed by atoms with Crippen LogP contribution in [0.25, 0.3) is 0 Å². The molecule has 0 aromatic carbocycles. The van der Waals surface area contributed by atoms with Crippen LogP contribution >= 0.6 is 11.8 Å². The molecule has 7 heteroatoms. The number of rotatable bonds is 6. The lowest BCUT2D eigenvalue weighted by molar-refractivity contribution is -0.121. The number of carbonyl (C=O) groups excluding carboxylic acids is 1. The van der Waals surface area contributed by atoms with Crippen LogP contribution in [0.2, 0.25) is 0 Å². The number of nitrogens with one attached hydrogen (secondary N) is 1. The molecule has 1 atom stereocenters. The van der Waals surface area contributed by atoms with Crippen molar-refractivity contribution in [2.24, 2.45) is 5.92 Å². The zero-order valence-corrected chi connectivity index (χ0v) is 17.5. The first-order chi connectivity index (χ1) is 13.1. The van der Waals surface area contributed by atoms with Gasteiger partial charge >= 0.3 is 0 Å². The second-order valence-corrected chi connectivity index (χ2v) is 9.96. The fourth-order valence-corrected chi connectivity index (χ4v) is 5.13. The minimum atomic E-state index is -0.136. The van der Waals surface area contributed by atoms with E-state index in [1.807, 2.05) is 6.92 Å². The summed E-state index contributed by atoms with van der Waals surface area (Å²) in [5.74, 6) is 1.97. The number of thioether (sulfide) groups is 1. The van der Waals surface area contributed by atoms with Gasteiger partial charge < -0.3 is 10.2 Å². The molecule has 6 nitrogen and oxygen atoms in total. The van der Waals surface area contributed by atoms with Gasteiger partial charge in [0.15, 0.2) is 5.16 Å². The van der Waals surface area contributed by atoms with Crippen molar-refractivity contribution in [3.63, 3.8) is 0 Å². The lowest BCUT2D eigenvalue weighted by Gasteiger charge is -2.31. The van der Waals surface area contributed by atoms with Crippen LogP contribution in [0, 0.1) is 5.92 Å². The Morgan fingerprint density at radius 2 is 1.78 bits per heavy atom. The Morgan fingerprint density at radius 1 is 1.07 bits per heavy atom. The maximum atomic E-state index is 12.7. The van der Waals surface area contributed by atoms with Crippen LogP contribution in [0.3, 0.4) is 0 Å². The molecule has 1 aliphatic heterocycles. The number of nitrogens with zero attached hydrogens (tertiary/aromatic N) is 4. The highest BCUT2D eigenvalue weighted by atomic mass is 32.2. The maximum absolute atomic E-state index is 12.7. The Labute approximate surface area is 166 Å². The monoisotopic (exact) mass is 391 g/mol. The summed E-state index contributed by atoms with van der Waals surface area (Å²) in [6.45, 7) is 6.46. The molecule has 0 radical (unpaired) electrons. The van der Waals surface area contributed by atoms with Gasteiger partial charge in [-0.05, 0) is 51.4 Å². The van der Waals surface area contributed by atoms with Crippen molar-refractivity contribution in [1.29, 1.82) is 0 Å². The number of hydrogen-bond donors (Lipinski definition) is 1. The standard InChI is InChI=1S/C20H33N5OS/c1-14-10-12-24(13-11-14)19-22-23-20(25(19)17-8-9-17)27-15(2)18(26)21-16-6-4-3-5-7-16/h14-17H,3-13H2,1-2H3,(H,21,26). The quantitative estimate of drug-likeness (QED) is 0.748. The van der Waals surface area contributed by atoms with Crippen molar-refractivity contribution in [2.75, 3.05) is 18.0 Å². The Balaban J connectivity index is 1.41. The number of amides is 1. The highest BCUT2D eigenvalue weighted by Gasteiger charge is 2.33. The van der Waals surface area contributed by atoms with Crippen LogP contribution in [0.4, 0.5) is 5.95 Å². The number of anilines is 1. The highest BCUT2D eigenvalue weighted by molar-refractivity contribution is 8.00. The molecule has 1 saturated heterocycles. The van der Waals surface area contributed by atoms with Crippen molar-refractivity contribution in [3.05, 3.63) is 0 Å². The Morgan fingerprint density at radius 3 is 2.44 bits per heavy atom. The largest absolute Gasteiger partial charge is 0.352 e. The first-order valence-corrected chi connectivity index (χ1v) is 11.7. The summed E-state index contributed by atoms with van der Waals surface area (Å²) in [7, 11) is 0. The van der Waals surface area contributed by atoms with Gasteiger partial charge in [-0.25, -0.2) is 0 Å². The normalized spacial score (nSPS) is 23.4. The van der Waals surface area contributed by atoms with Gasteiger partial charge in [0.2, 0.25) is 11.9 Å². The summed E-state index contributed by atoms with van der Waals surface area (Å²) < 4.78 is 2.31. The predicted octanol–water partition coefficient (Wildman–Crippen LogP) is 3.78. The first-order valence-electron chi connectivity index (χ1n) is 10.8. The van der Waals surface area contributed by atoms with Gasteiger partial charge in [0.25, 0.3) is 0 Å². The van der Waals surface area contributed by atoms with E-state index in [2.05, 4.69) is 31.9 Å². The minimum absolute atomic E-state index is 0.136. The van der Waals surface area contributed by atoms with Gasteiger partial charge in [0.05, 0.1) is 5.25 Å². The molecular formula is C20H33N5OS. The first kappa shape index (κ1) is 19.1. The second-order valence-electron chi connectivity index (χ2n) is 8.66. The molecule has 1 aromatic heterocycles. The summed E-state index contributed by atoms with van der Waals surface area (Å²) >= 11 is 1.57. The van der Waals surface area contributed by atoms with E-state index in [4.69, 9.17) is 0 Å². The van der Waals surface area contributed by atoms with E-state index in [9.17, 15) is 4.79 Å². The van der Waals surface area contributed by atoms with E-state index < -0.39 is 0 Å². The van der Waals surface area contributed by atoms with E-state index in [-0.39, 0.29) is 11.2 Å². The molecule has 0 spiro atoms. The summed E-state index contributed by atoms with van der Waals surface area (Å²) in [5, 5.41) is 13.1. The average molecular weight is 392 g/mol. The van der Waals surface area contributed by atoms with Crippen LogP contribution in [-0.2, 0) is 4.79 Å². The molecule has 2 aliphatic carbocycles. The number of piperidine rings is 1. The van der Waals surface area contributed by atoms with E-state index in [0.29, 0.717) is 12.1 Å². The third kappa shape index (κ3) is 4.61. The van der Waals surface area contributed by atoms with Gasteiger partial charge in [-0.3, -0.25) is 9.36 Å². The smallest absolute Gasteiger partial charge is 0.233 e. The molecule has 150 valence electrons. The van der Waals surface area contributed by atoms with Gasteiger partial charge in [0.1, 0.15) is 0 Å². The molecule has 4 rings (SSSR count). The second kappa shape index (κ2) is 8.41. The summed E-state index contributed by atoms with van der Waals surface area (Å²) in [5.41, 5.74) is 0. The molecule has 3 aliphatic rings. The Kier molecular flexibility index (Phi) is 5.95. The predicted molar refractivity (Wildman–Crippen MR) is 109 cm³/mol. The topological polar surface area (TPSA) is 63.1 Å². The van der Waals surface area contributed by atoms with Crippen molar-refractivity contribution in [1.82, 2.24) is 20.1 Å². The molecule has 1 amide bonds. The van der Waals surface area contributed by atoms with Gasteiger partial charge in [-0.2, -0.15) is 0 Å². The molecule has 1 unspecified atom stereocenters. The van der Waals surface area contributed by atoms with Crippen molar-refractivity contribution in [3.8, 4) is 0 Å². The lowest BCUT2D eigenvalue weighted by atomic mass is 9.95. The van der Waals surface area contributed by atoms with Gasteiger partial charge in [-0.1, -0.05) is 37.9 Å². The van der Waals surface area contributed by atoms with Gasteiger partial charge in [0, 0.05) is 25.2 Å². The van der Waals surface area contributed by atoms with Crippen molar-refractivity contribution >= 4 is 23.6 Å². The minimum Gasteiger partial charge on any atom is -0.352 e. The molecule has 1 aromatic rings. The van der Waals surface area contributed by atoms with Crippen LogP contribution < -0.4 is 10.2 Å². The highest BCUT2D eigenvalue weighted by Crippen LogP contribution is 2.42. The fraction of sp³-hybridized carbons (Fsp3) is 0.850. The number of aromatic nitrogens is 3. The summed E-state index contributed by atoms with van der Waals surface area (Å²) in [6.07, 6.45) is 10.9. The summed E-state index contributed by atoms with van der Waals surface area (Å²) in [6, 6.07) is 0.881. The van der Waals surface area contributed by atoms with Crippen LogP contribution in [-0.4, -0.2) is 45.1 Å². The van der Waals surface area contributed by atoms with Crippen LogP contribution in [0.1, 0.15) is 77.7 Å². The summed E-state index contributed by atoms with van der Waals surface area (Å²) in [4.78, 5) is 15.0. The van der Waals surface area contributed by atoms with Crippen molar-refractivity contribution < 1.29 is 4.79 Å². The third-order valence-electron chi connectivity index (χ3n) is 6.23. The molecule has 2 saturated carbocycles. The number of hydrogen-bond acceptors (Lipinski definition) is 5. The maximum Gasteiger partial charge on any atom is 0.233 e. The van der Waals surface area contributed by atoms with E-state index in [1.165, 1.54) is 44.9 Å². The van der Waals surface area contributed by atoms with Gasteiger partial charge in [-0.15, -0.1) is 10.2 Å². The van der Waals surface area contributed by atoms with Crippen LogP contribution in [0.5, 0.6) is 0 Å². The SMILES string of the molecule is CC1CCN(c2nnc(SC(C)C(=O)NC3CCCCC3)n2C2CC2)CC1. The Hall–Kier alpha value is -1.24. The molecule has 27 heavy (non-hydrogen) atoms. The van der Waals surface area contributed by atoms with E-state index in [0.717, 1.165) is 43.0 Å². The number of carbonyl (C=O) groups is 1. The zero-order valence-electron chi connectivity index (χ0n) is 16.7. The van der Waals surface area contributed by atoms with E-state index in [1.54, 1.807) is 11.8 Å². The fourth-order valence-electron chi connectivity index (χ4n) is 4.20. The molecule has 2 heterocycles. The third-order valence-corrected chi connectivity index (χ3v) is 7.28. The molecule has 0 bridgehead atoms. The van der Waals surface area contributed by atoms with Crippen molar-refractivity contribution in [2.45, 2.75) is 94.1 Å². The molecule has 1 N–H and O–H groups in total. The lowest BCUT2D eigenvalue weighted by Crippen LogP contribution is -2.40. The van der Waals surface area contributed by atoms with E-state index >= 15 is 0 Å². The Bertz CT molecular complexity index is 645. The zero-order chi connectivity index (χ0) is 18.8. The molecule has 3 fully saturated rings. The van der Waals surface area contributed by atoms with Crippen LogP contribution in [0.15, 0.2) is 5.16 Å². The molecular weight excluding hydrogens is 358 g/mol.